The minimum atomic E-state index is -2.89. The number of likely N-dealkylation sites (N-methyl/N-ethyl adjacent to an activating group) is 1. The zero-order valence-corrected chi connectivity index (χ0v) is 13.7. The van der Waals surface area contributed by atoms with Crippen LogP contribution in [0.15, 0.2) is 0 Å². The van der Waals surface area contributed by atoms with Gasteiger partial charge in [-0.25, -0.2) is 8.42 Å². The molecule has 0 saturated carbocycles. The number of rotatable bonds is 7. The lowest BCUT2D eigenvalue weighted by atomic mass is 9.88. The van der Waals surface area contributed by atoms with Crippen LogP contribution >= 0.6 is 0 Å². The van der Waals surface area contributed by atoms with Gasteiger partial charge in [0.25, 0.3) is 0 Å². The van der Waals surface area contributed by atoms with Crippen LogP contribution in [-0.2, 0) is 9.84 Å². The molecular formula is C14H30N2O2S. The Morgan fingerprint density at radius 1 is 1.21 bits per heavy atom. The van der Waals surface area contributed by atoms with Gasteiger partial charge >= 0.3 is 0 Å². The van der Waals surface area contributed by atoms with Crippen LogP contribution in [0.4, 0.5) is 0 Å². The summed E-state index contributed by atoms with van der Waals surface area (Å²) in [6, 6.07) is 0.227. The molecule has 0 aromatic carbocycles. The molecule has 0 spiro atoms. The normalized spacial score (nSPS) is 20.4. The van der Waals surface area contributed by atoms with Crippen LogP contribution in [-0.4, -0.2) is 56.5 Å². The molecule has 0 aliphatic carbocycles. The number of piperidine rings is 1. The molecule has 1 fully saturated rings. The Hall–Kier alpha value is -0.130. The summed E-state index contributed by atoms with van der Waals surface area (Å²) in [5.41, 5.74) is 0.0150. The van der Waals surface area contributed by atoms with Crippen LogP contribution in [0, 0.1) is 0 Å². The molecule has 0 bridgehead atoms. The molecule has 5 heteroatoms. The van der Waals surface area contributed by atoms with Crippen LogP contribution in [0.5, 0.6) is 0 Å². The topological polar surface area (TPSA) is 49.4 Å². The van der Waals surface area contributed by atoms with E-state index in [1.807, 2.05) is 0 Å². The molecule has 0 amide bonds. The highest BCUT2D eigenvalue weighted by molar-refractivity contribution is 7.90. The highest BCUT2D eigenvalue weighted by Crippen LogP contribution is 2.25. The van der Waals surface area contributed by atoms with Crippen molar-refractivity contribution >= 4 is 9.84 Å². The first-order valence-corrected chi connectivity index (χ1v) is 9.49. The van der Waals surface area contributed by atoms with Crippen LogP contribution in [0.3, 0.4) is 0 Å². The fourth-order valence-electron chi connectivity index (χ4n) is 2.97. The van der Waals surface area contributed by atoms with E-state index in [0.717, 1.165) is 19.6 Å². The highest BCUT2D eigenvalue weighted by Gasteiger charge is 2.35. The fourth-order valence-corrected chi connectivity index (χ4v) is 3.64. The lowest BCUT2D eigenvalue weighted by Crippen LogP contribution is -2.59. The smallest absolute Gasteiger partial charge is 0.147 e. The standard InChI is InChI=1S/C14H30N2O2S/c1-5-15-13(9-12-19(4,17)18)14(2,3)16-10-7-6-8-11-16/h13,15H,5-12H2,1-4H3. The first-order valence-electron chi connectivity index (χ1n) is 7.43. The lowest BCUT2D eigenvalue weighted by molar-refractivity contribution is 0.0606. The number of nitrogens with one attached hydrogen (secondary N) is 1. The van der Waals surface area contributed by atoms with Gasteiger partial charge in [0, 0.05) is 17.8 Å². The Morgan fingerprint density at radius 3 is 2.26 bits per heavy atom. The molecule has 1 atom stereocenters. The van der Waals surface area contributed by atoms with E-state index in [1.165, 1.54) is 25.5 Å². The molecule has 1 N–H and O–H groups in total. The SMILES string of the molecule is CCNC(CCS(C)(=O)=O)C(C)(C)N1CCCCC1. The largest absolute Gasteiger partial charge is 0.312 e. The number of likely N-dealkylation sites (tertiary alicyclic amines) is 1. The quantitative estimate of drug-likeness (QED) is 0.775. The zero-order valence-electron chi connectivity index (χ0n) is 12.9. The minimum absolute atomic E-state index is 0.0150. The number of hydrogen-bond acceptors (Lipinski definition) is 4. The van der Waals surface area contributed by atoms with Crippen molar-refractivity contribution in [2.24, 2.45) is 0 Å². The molecule has 0 aromatic rings. The number of sulfone groups is 1. The minimum Gasteiger partial charge on any atom is -0.312 e. The van der Waals surface area contributed by atoms with Crippen molar-refractivity contribution in [1.82, 2.24) is 10.2 Å². The third-order valence-corrected chi connectivity index (χ3v) is 5.23. The molecule has 1 aliphatic heterocycles. The number of hydrogen-bond donors (Lipinski definition) is 1. The van der Waals surface area contributed by atoms with Crippen molar-refractivity contribution in [3.8, 4) is 0 Å². The van der Waals surface area contributed by atoms with E-state index in [2.05, 4.69) is 31.0 Å². The summed E-state index contributed by atoms with van der Waals surface area (Å²) in [4.78, 5) is 2.52. The van der Waals surface area contributed by atoms with Gasteiger partial charge in [-0.3, -0.25) is 4.90 Å². The van der Waals surface area contributed by atoms with Crippen molar-refractivity contribution < 1.29 is 8.42 Å². The first kappa shape index (κ1) is 16.9. The number of nitrogens with zero attached hydrogens (tertiary/aromatic N) is 1. The molecule has 114 valence electrons. The van der Waals surface area contributed by atoms with E-state index >= 15 is 0 Å². The van der Waals surface area contributed by atoms with Gasteiger partial charge in [-0.2, -0.15) is 0 Å². The van der Waals surface area contributed by atoms with Gasteiger partial charge in [-0.05, 0) is 52.7 Å². The molecular weight excluding hydrogens is 260 g/mol. The van der Waals surface area contributed by atoms with E-state index in [1.54, 1.807) is 0 Å². The van der Waals surface area contributed by atoms with Crippen molar-refractivity contribution in [3.63, 3.8) is 0 Å². The monoisotopic (exact) mass is 290 g/mol. The van der Waals surface area contributed by atoms with E-state index in [4.69, 9.17) is 0 Å². The van der Waals surface area contributed by atoms with Crippen LogP contribution in [0.1, 0.15) is 46.5 Å². The fraction of sp³-hybridized carbons (Fsp3) is 1.00. The van der Waals surface area contributed by atoms with Gasteiger partial charge < -0.3 is 5.32 Å². The maximum absolute atomic E-state index is 11.4. The van der Waals surface area contributed by atoms with Gasteiger partial charge in [0.15, 0.2) is 0 Å². The predicted octanol–water partition coefficient (Wildman–Crippen LogP) is 1.66. The van der Waals surface area contributed by atoms with Gasteiger partial charge in [-0.15, -0.1) is 0 Å². The molecule has 4 nitrogen and oxygen atoms in total. The molecule has 1 saturated heterocycles. The third kappa shape index (κ3) is 5.40. The second kappa shape index (κ2) is 7.04. The van der Waals surface area contributed by atoms with Crippen molar-refractivity contribution in [1.29, 1.82) is 0 Å². The van der Waals surface area contributed by atoms with Gasteiger partial charge in [0.1, 0.15) is 9.84 Å². The van der Waals surface area contributed by atoms with Crippen molar-refractivity contribution in [2.45, 2.75) is 58.0 Å². The summed E-state index contributed by atoms with van der Waals surface area (Å²) in [7, 11) is -2.89. The molecule has 1 aliphatic rings. The second-order valence-corrected chi connectivity index (χ2v) is 8.49. The van der Waals surface area contributed by atoms with Crippen LogP contribution < -0.4 is 5.32 Å². The Labute approximate surface area is 118 Å². The van der Waals surface area contributed by atoms with E-state index in [0.29, 0.717) is 6.42 Å². The predicted molar refractivity (Wildman–Crippen MR) is 81.3 cm³/mol. The zero-order chi connectivity index (χ0) is 14.5. The summed E-state index contributed by atoms with van der Waals surface area (Å²) in [6.07, 6.45) is 5.85. The molecule has 0 aromatic heterocycles. The average Bonchev–Trinajstić information content (AvgIpc) is 2.34. The lowest BCUT2D eigenvalue weighted by Gasteiger charge is -2.46. The third-order valence-electron chi connectivity index (χ3n) is 4.25. The second-order valence-electron chi connectivity index (χ2n) is 6.23. The van der Waals surface area contributed by atoms with Crippen molar-refractivity contribution in [3.05, 3.63) is 0 Å². The summed E-state index contributed by atoms with van der Waals surface area (Å²) >= 11 is 0. The van der Waals surface area contributed by atoms with Gasteiger partial charge in [0.2, 0.25) is 0 Å². The Morgan fingerprint density at radius 2 is 1.79 bits per heavy atom. The molecule has 1 heterocycles. The van der Waals surface area contributed by atoms with E-state index < -0.39 is 9.84 Å². The Kier molecular flexibility index (Phi) is 6.27. The summed E-state index contributed by atoms with van der Waals surface area (Å²) in [5.74, 6) is 0.266. The van der Waals surface area contributed by atoms with Crippen molar-refractivity contribution in [2.75, 3.05) is 31.6 Å². The van der Waals surface area contributed by atoms with Gasteiger partial charge in [-0.1, -0.05) is 13.3 Å². The first-order chi connectivity index (χ1) is 8.77. The average molecular weight is 290 g/mol. The molecule has 0 radical (unpaired) electrons. The van der Waals surface area contributed by atoms with E-state index in [-0.39, 0.29) is 17.3 Å². The maximum atomic E-state index is 11.4. The van der Waals surface area contributed by atoms with Crippen LogP contribution in [0.2, 0.25) is 0 Å². The maximum Gasteiger partial charge on any atom is 0.147 e. The Bertz CT molecular complexity index is 360. The summed E-state index contributed by atoms with van der Waals surface area (Å²) in [6.45, 7) is 9.72. The van der Waals surface area contributed by atoms with Crippen LogP contribution in [0.25, 0.3) is 0 Å². The van der Waals surface area contributed by atoms with E-state index in [9.17, 15) is 8.42 Å². The summed E-state index contributed by atoms with van der Waals surface area (Å²) in [5, 5.41) is 3.49. The molecule has 1 rings (SSSR count). The Balaban J connectivity index is 2.71. The highest BCUT2D eigenvalue weighted by atomic mass is 32.2. The van der Waals surface area contributed by atoms with Gasteiger partial charge in [0.05, 0.1) is 5.75 Å². The molecule has 1 unspecified atom stereocenters. The summed E-state index contributed by atoms with van der Waals surface area (Å²) < 4.78 is 22.8. The molecule has 19 heavy (non-hydrogen) atoms.